The monoisotopic (exact) mass is 708 g/mol. The third-order valence-electron chi connectivity index (χ3n) is 11.8. The Bertz CT molecular complexity index is 3690. The molecule has 0 bridgehead atoms. The Morgan fingerprint density at radius 2 is 0.893 bits per heavy atom. The highest BCUT2D eigenvalue weighted by atomic mass is 15.0. The fourth-order valence-electron chi connectivity index (χ4n) is 9.22. The molecule has 256 valence electrons. The van der Waals surface area contributed by atoms with Crippen molar-refractivity contribution >= 4 is 81.4 Å². The number of fused-ring (bicyclic) bond motifs is 12. The molecule has 9 aromatic carbocycles. The first kappa shape index (κ1) is 30.5. The van der Waals surface area contributed by atoms with Crippen molar-refractivity contribution in [3.8, 4) is 40.1 Å². The van der Waals surface area contributed by atoms with Crippen LogP contribution < -0.4 is 0 Å². The highest BCUT2D eigenvalue weighted by Gasteiger charge is 2.25. The zero-order valence-corrected chi connectivity index (χ0v) is 30.0. The standard InChI is InChI=1S/C52H28N4/c53-29-31-10-14-33(15-11-31)35-18-20-37-26-48-43(24-39(37)22-35)45-28-44-42-8-4-5-9-47(42)55(41-6-2-1-3-7-41)51(44)50-46-25-40-23-36(34-16-12-32(30-54)13-17-34)19-21-38(40)27-49(46)56(48)52(45)50/h1-28H. The van der Waals surface area contributed by atoms with E-state index < -0.39 is 0 Å². The van der Waals surface area contributed by atoms with Crippen LogP contribution in [0.25, 0.3) is 109 Å². The molecule has 0 radical (unpaired) electrons. The van der Waals surface area contributed by atoms with Crippen molar-refractivity contribution in [1.29, 1.82) is 10.5 Å². The second kappa shape index (κ2) is 11.3. The lowest BCUT2D eigenvalue weighted by atomic mass is 9.97. The van der Waals surface area contributed by atoms with E-state index in [-0.39, 0.29) is 0 Å². The van der Waals surface area contributed by atoms with Crippen molar-refractivity contribution in [2.75, 3.05) is 0 Å². The minimum atomic E-state index is 0.659. The van der Waals surface area contributed by atoms with Crippen molar-refractivity contribution in [1.82, 2.24) is 8.97 Å². The number of rotatable bonds is 3. The molecule has 0 atom stereocenters. The lowest BCUT2D eigenvalue weighted by Gasteiger charge is -2.10. The molecule has 3 aromatic heterocycles. The Morgan fingerprint density at radius 1 is 0.357 bits per heavy atom. The van der Waals surface area contributed by atoms with Gasteiger partial charge in [0.05, 0.1) is 50.8 Å². The van der Waals surface area contributed by atoms with Gasteiger partial charge in [-0.15, -0.1) is 0 Å². The second-order valence-electron chi connectivity index (χ2n) is 14.8. The molecule has 0 amide bonds. The van der Waals surface area contributed by atoms with Crippen molar-refractivity contribution in [3.05, 3.63) is 181 Å². The summed E-state index contributed by atoms with van der Waals surface area (Å²) in [6.45, 7) is 0. The number of hydrogen-bond acceptors (Lipinski definition) is 2. The minimum Gasteiger partial charge on any atom is -0.309 e. The molecule has 0 unspecified atom stereocenters. The third-order valence-corrected chi connectivity index (χ3v) is 11.8. The molecule has 0 spiro atoms. The maximum absolute atomic E-state index is 9.39. The molecule has 3 heterocycles. The molecule has 12 rings (SSSR count). The van der Waals surface area contributed by atoms with Gasteiger partial charge >= 0.3 is 0 Å². The highest BCUT2D eigenvalue weighted by Crippen LogP contribution is 2.48. The average Bonchev–Trinajstić information content (AvgIpc) is 3.88. The summed E-state index contributed by atoms with van der Waals surface area (Å²) in [4.78, 5) is 0. The summed E-state index contributed by atoms with van der Waals surface area (Å²) in [6, 6.07) is 65.0. The first-order valence-electron chi connectivity index (χ1n) is 18.8. The molecular weight excluding hydrogens is 681 g/mol. The van der Waals surface area contributed by atoms with Gasteiger partial charge < -0.3 is 8.97 Å². The summed E-state index contributed by atoms with van der Waals surface area (Å²) < 4.78 is 4.96. The Hall–Kier alpha value is -7.92. The van der Waals surface area contributed by atoms with Gasteiger partial charge in [0, 0.05) is 38.0 Å². The molecule has 0 aliphatic rings. The summed E-state index contributed by atoms with van der Waals surface area (Å²) in [6.07, 6.45) is 0. The maximum atomic E-state index is 9.39. The summed E-state index contributed by atoms with van der Waals surface area (Å²) in [5.74, 6) is 0. The first-order valence-corrected chi connectivity index (χ1v) is 18.8. The Morgan fingerprint density at radius 3 is 1.52 bits per heavy atom. The summed E-state index contributed by atoms with van der Waals surface area (Å²) in [5.41, 5.74) is 12.9. The molecule has 0 saturated carbocycles. The fourth-order valence-corrected chi connectivity index (χ4v) is 9.22. The van der Waals surface area contributed by atoms with E-state index in [2.05, 4.69) is 142 Å². The summed E-state index contributed by atoms with van der Waals surface area (Å²) in [7, 11) is 0. The van der Waals surface area contributed by atoms with E-state index >= 15 is 0 Å². The van der Waals surface area contributed by atoms with Crippen LogP contribution in [0.3, 0.4) is 0 Å². The van der Waals surface area contributed by atoms with Gasteiger partial charge in [0.2, 0.25) is 0 Å². The van der Waals surface area contributed by atoms with E-state index in [0.29, 0.717) is 11.1 Å². The number of nitriles is 2. The summed E-state index contributed by atoms with van der Waals surface area (Å²) >= 11 is 0. The first-order chi connectivity index (χ1) is 27.6. The van der Waals surface area contributed by atoms with Crippen LogP contribution in [0.1, 0.15) is 11.1 Å². The van der Waals surface area contributed by atoms with Gasteiger partial charge in [-0.25, -0.2) is 0 Å². The Balaban J connectivity index is 1.22. The van der Waals surface area contributed by atoms with E-state index in [0.717, 1.165) is 27.9 Å². The number of benzene rings is 9. The van der Waals surface area contributed by atoms with E-state index in [1.54, 1.807) is 0 Å². The minimum absolute atomic E-state index is 0.659. The van der Waals surface area contributed by atoms with Crippen molar-refractivity contribution in [3.63, 3.8) is 0 Å². The molecular formula is C52H28N4. The quantitative estimate of drug-likeness (QED) is 0.183. The van der Waals surface area contributed by atoms with Gasteiger partial charge in [0.15, 0.2) is 0 Å². The van der Waals surface area contributed by atoms with Crippen LogP contribution in [0.2, 0.25) is 0 Å². The van der Waals surface area contributed by atoms with Crippen LogP contribution >= 0.6 is 0 Å². The van der Waals surface area contributed by atoms with Crippen molar-refractivity contribution in [2.24, 2.45) is 0 Å². The van der Waals surface area contributed by atoms with Crippen LogP contribution in [-0.2, 0) is 0 Å². The summed E-state index contributed by atoms with van der Waals surface area (Å²) in [5, 5.41) is 30.9. The molecule has 0 saturated heterocycles. The van der Waals surface area contributed by atoms with Gasteiger partial charge in [-0.2, -0.15) is 10.5 Å². The van der Waals surface area contributed by atoms with E-state index in [1.165, 1.54) is 81.4 Å². The topological polar surface area (TPSA) is 56.9 Å². The maximum Gasteiger partial charge on any atom is 0.0991 e. The zero-order chi connectivity index (χ0) is 37.1. The average molecular weight is 709 g/mol. The molecule has 4 nitrogen and oxygen atoms in total. The number of nitrogens with zero attached hydrogens (tertiary/aromatic N) is 4. The lowest BCUT2D eigenvalue weighted by molar-refractivity contribution is 1.19. The molecule has 0 N–H and O–H groups in total. The normalized spacial score (nSPS) is 11.9. The van der Waals surface area contributed by atoms with E-state index in [9.17, 15) is 10.5 Å². The molecule has 56 heavy (non-hydrogen) atoms. The predicted octanol–water partition coefficient (Wildman–Crippen LogP) is 13.3. The third kappa shape index (κ3) is 4.21. The van der Waals surface area contributed by atoms with Gasteiger partial charge in [-0.3, -0.25) is 0 Å². The lowest BCUT2D eigenvalue weighted by Crippen LogP contribution is -1.93. The molecule has 0 aliphatic heterocycles. The number of para-hydroxylation sites is 2. The van der Waals surface area contributed by atoms with Crippen molar-refractivity contribution < 1.29 is 0 Å². The van der Waals surface area contributed by atoms with Crippen LogP contribution in [-0.4, -0.2) is 8.97 Å². The van der Waals surface area contributed by atoms with Gasteiger partial charge in [-0.1, -0.05) is 84.9 Å². The molecule has 4 heteroatoms. The zero-order valence-electron chi connectivity index (χ0n) is 30.0. The smallest absolute Gasteiger partial charge is 0.0991 e. The van der Waals surface area contributed by atoms with Gasteiger partial charge in [-0.05, 0) is 129 Å². The van der Waals surface area contributed by atoms with E-state index in [4.69, 9.17) is 0 Å². The van der Waals surface area contributed by atoms with Crippen molar-refractivity contribution in [2.45, 2.75) is 0 Å². The van der Waals surface area contributed by atoms with Crippen LogP contribution in [0.5, 0.6) is 0 Å². The predicted molar refractivity (Wildman–Crippen MR) is 231 cm³/mol. The largest absolute Gasteiger partial charge is 0.309 e. The SMILES string of the molecule is N#Cc1ccc(-c2ccc3cc4c(cc3c2)c2cc3c5ccccc5n(-c5ccccc5)c3c3c5cc6cc(-c7ccc(C#N)cc7)ccc6cc5n4c23)cc1. The Labute approximate surface area is 320 Å². The molecule has 0 fully saturated rings. The number of aromatic nitrogens is 2. The molecule has 12 aromatic rings. The van der Waals surface area contributed by atoms with Crippen LogP contribution in [0, 0.1) is 22.7 Å². The molecule has 0 aliphatic carbocycles. The van der Waals surface area contributed by atoms with E-state index in [1.807, 2.05) is 48.5 Å². The van der Waals surface area contributed by atoms with Gasteiger partial charge in [0.25, 0.3) is 0 Å². The van der Waals surface area contributed by atoms with Gasteiger partial charge in [0.1, 0.15) is 0 Å². The number of hydrogen-bond donors (Lipinski definition) is 0. The van der Waals surface area contributed by atoms with Crippen LogP contribution in [0.4, 0.5) is 0 Å². The highest BCUT2D eigenvalue weighted by molar-refractivity contribution is 6.35. The van der Waals surface area contributed by atoms with Crippen LogP contribution in [0.15, 0.2) is 170 Å². The fraction of sp³-hybridized carbons (Fsp3) is 0. The Kier molecular flexibility index (Phi) is 6.16. The second-order valence-corrected chi connectivity index (χ2v) is 14.8.